The van der Waals surface area contributed by atoms with Crippen LogP contribution in [0, 0.1) is 0 Å². The maximum Gasteiger partial charge on any atom is 0.251 e. The Kier molecular flexibility index (Phi) is 4.41. The van der Waals surface area contributed by atoms with Crippen LogP contribution in [0.1, 0.15) is 25.1 Å². The predicted molar refractivity (Wildman–Crippen MR) is 74.8 cm³/mol. The summed E-state index contributed by atoms with van der Waals surface area (Å²) >= 11 is 0. The fraction of sp³-hybridized carbons (Fsp3) is 0.357. The van der Waals surface area contributed by atoms with Gasteiger partial charge >= 0.3 is 0 Å². The molecular formula is C14H18N4O. The summed E-state index contributed by atoms with van der Waals surface area (Å²) in [6.07, 6.45) is 4.38. The van der Waals surface area contributed by atoms with Gasteiger partial charge in [-0.15, -0.1) is 0 Å². The lowest BCUT2D eigenvalue weighted by atomic mass is 10.1. The molecule has 0 aliphatic heterocycles. The first kappa shape index (κ1) is 13.4. The van der Waals surface area contributed by atoms with Crippen LogP contribution in [-0.2, 0) is 13.0 Å². The van der Waals surface area contributed by atoms with E-state index in [9.17, 15) is 4.79 Å². The SMILES string of the molecule is CCNCc1cc(=O)[nH]c(-c2ccncc2CC)n1. The third kappa shape index (κ3) is 3.26. The van der Waals surface area contributed by atoms with Gasteiger partial charge < -0.3 is 10.3 Å². The zero-order valence-corrected chi connectivity index (χ0v) is 11.2. The van der Waals surface area contributed by atoms with Crippen molar-refractivity contribution in [2.24, 2.45) is 0 Å². The molecule has 100 valence electrons. The molecule has 2 aromatic heterocycles. The number of pyridine rings is 1. The van der Waals surface area contributed by atoms with Gasteiger partial charge in [-0.3, -0.25) is 9.78 Å². The van der Waals surface area contributed by atoms with Crippen molar-refractivity contribution in [1.29, 1.82) is 0 Å². The number of nitrogens with zero attached hydrogens (tertiary/aromatic N) is 2. The van der Waals surface area contributed by atoms with Gasteiger partial charge in [-0.1, -0.05) is 13.8 Å². The van der Waals surface area contributed by atoms with Crippen molar-refractivity contribution in [3.05, 3.63) is 46.1 Å². The van der Waals surface area contributed by atoms with Gasteiger partial charge in [0.2, 0.25) is 0 Å². The second kappa shape index (κ2) is 6.24. The predicted octanol–water partition coefficient (Wildman–Crippen LogP) is 1.50. The molecule has 2 aromatic rings. The van der Waals surface area contributed by atoms with E-state index in [2.05, 4.69) is 27.2 Å². The molecule has 0 saturated heterocycles. The molecule has 0 bridgehead atoms. The number of H-pyrrole nitrogens is 1. The Bertz CT molecular complexity index is 606. The summed E-state index contributed by atoms with van der Waals surface area (Å²) in [4.78, 5) is 23.1. The minimum absolute atomic E-state index is 0.128. The van der Waals surface area contributed by atoms with Gasteiger partial charge in [0, 0.05) is 30.6 Å². The van der Waals surface area contributed by atoms with Crippen LogP contribution < -0.4 is 10.9 Å². The monoisotopic (exact) mass is 258 g/mol. The zero-order valence-electron chi connectivity index (χ0n) is 11.2. The van der Waals surface area contributed by atoms with Crippen molar-refractivity contribution in [3.63, 3.8) is 0 Å². The van der Waals surface area contributed by atoms with Crippen LogP contribution in [0.2, 0.25) is 0 Å². The Morgan fingerprint density at radius 1 is 1.37 bits per heavy atom. The van der Waals surface area contributed by atoms with Crippen LogP contribution in [0.25, 0.3) is 11.4 Å². The molecular weight excluding hydrogens is 240 g/mol. The normalized spacial score (nSPS) is 10.6. The highest BCUT2D eigenvalue weighted by molar-refractivity contribution is 5.59. The number of aryl methyl sites for hydroxylation is 1. The van der Waals surface area contributed by atoms with Gasteiger partial charge in [0.1, 0.15) is 5.82 Å². The number of hydrogen-bond donors (Lipinski definition) is 2. The summed E-state index contributed by atoms with van der Waals surface area (Å²) in [6, 6.07) is 3.41. The van der Waals surface area contributed by atoms with E-state index in [-0.39, 0.29) is 5.56 Å². The van der Waals surface area contributed by atoms with Gasteiger partial charge in [0.15, 0.2) is 0 Å². The minimum atomic E-state index is -0.128. The van der Waals surface area contributed by atoms with E-state index >= 15 is 0 Å². The van der Waals surface area contributed by atoms with Gasteiger partial charge in [-0.25, -0.2) is 4.98 Å². The lowest BCUT2D eigenvalue weighted by molar-refractivity contribution is 0.708. The molecule has 0 amide bonds. The Balaban J connectivity index is 2.44. The van der Waals surface area contributed by atoms with Gasteiger partial charge in [-0.05, 0) is 24.6 Å². The number of hydrogen-bond acceptors (Lipinski definition) is 4. The highest BCUT2D eigenvalue weighted by Crippen LogP contribution is 2.18. The second-order valence-corrected chi connectivity index (χ2v) is 4.25. The maximum absolute atomic E-state index is 11.7. The van der Waals surface area contributed by atoms with E-state index in [1.54, 1.807) is 6.20 Å². The largest absolute Gasteiger partial charge is 0.311 e. The minimum Gasteiger partial charge on any atom is -0.311 e. The van der Waals surface area contributed by atoms with Crippen molar-refractivity contribution in [1.82, 2.24) is 20.3 Å². The van der Waals surface area contributed by atoms with E-state index in [0.29, 0.717) is 12.4 Å². The molecule has 19 heavy (non-hydrogen) atoms. The van der Waals surface area contributed by atoms with E-state index in [0.717, 1.165) is 29.8 Å². The molecule has 5 nitrogen and oxygen atoms in total. The molecule has 0 spiro atoms. The Morgan fingerprint density at radius 2 is 2.21 bits per heavy atom. The standard InChI is InChI=1S/C14H18N4O/c1-3-10-8-16-6-5-12(10)14-17-11(9-15-4-2)7-13(19)18-14/h5-8,15H,3-4,9H2,1-2H3,(H,17,18,19). The van der Waals surface area contributed by atoms with Crippen LogP contribution in [0.4, 0.5) is 0 Å². The molecule has 0 atom stereocenters. The van der Waals surface area contributed by atoms with Gasteiger partial charge in [-0.2, -0.15) is 0 Å². The van der Waals surface area contributed by atoms with Crippen molar-refractivity contribution >= 4 is 0 Å². The Morgan fingerprint density at radius 3 is 2.95 bits per heavy atom. The molecule has 2 N–H and O–H groups in total. The quantitative estimate of drug-likeness (QED) is 0.852. The van der Waals surface area contributed by atoms with Gasteiger partial charge in [0.25, 0.3) is 5.56 Å². The topological polar surface area (TPSA) is 70.7 Å². The smallest absolute Gasteiger partial charge is 0.251 e. The van der Waals surface area contributed by atoms with E-state index in [1.165, 1.54) is 6.07 Å². The fourth-order valence-corrected chi connectivity index (χ4v) is 1.92. The first-order chi connectivity index (χ1) is 9.24. The van der Waals surface area contributed by atoms with E-state index in [1.807, 2.05) is 19.2 Å². The van der Waals surface area contributed by atoms with E-state index < -0.39 is 0 Å². The number of nitrogens with one attached hydrogen (secondary N) is 2. The van der Waals surface area contributed by atoms with Gasteiger partial charge in [0.05, 0.1) is 5.69 Å². The van der Waals surface area contributed by atoms with Crippen LogP contribution in [0.5, 0.6) is 0 Å². The maximum atomic E-state index is 11.7. The highest BCUT2D eigenvalue weighted by atomic mass is 16.1. The molecule has 0 unspecified atom stereocenters. The summed E-state index contributed by atoms with van der Waals surface area (Å²) in [5, 5.41) is 3.17. The van der Waals surface area contributed by atoms with Crippen molar-refractivity contribution in [2.45, 2.75) is 26.8 Å². The third-order valence-corrected chi connectivity index (χ3v) is 2.89. The highest BCUT2D eigenvalue weighted by Gasteiger charge is 2.07. The van der Waals surface area contributed by atoms with E-state index in [4.69, 9.17) is 0 Å². The lowest BCUT2D eigenvalue weighted by Gasteiger charge is -2.08. The van der Waals surface area contributed by atoms with Crippen LogP contribution in [-0.4, -0.2) is 21.5 Å². The third-order valence-electron chi connectivity index (χ3n) is 2.89. The van der Waals surface area contributed by atoms with Crippen LogP contribution in [0.3, 0.4) is 0 Å². The number of aromatic nitrogens is 3. The molecule has 0 aliphatic carbocycles. The molecule has 0 radical (unpaired) electrons. The Labute approximate surface area is 112 Å². The molecule has 0 aliphatic rings. The summed E-state index contributed by atoms with van der Waals surface area (Å²) in [6.45, 7) is 5.52. The van der Waals surface area contributed by atoms with Crippen molar-refractivity contribution < 1.29 is 0 Å². The average Bonchev–Trinajstić information content (AvgIpc) is 2.44. The first-order valence-corrected chi connectivity index (χ1v) is 6.48. The molecule has 5 heteroatoms. The molecule has 0 aromatic carbocycles. The summed E-state index contributed by atoms with van der Waals surface area (Å²) in [5.74, 6) is 0.611. The Hall–Kier alpha value is -2.01. The van der Waals surface area contributed by atoms with Crippen molar-refractivity contribution in [3.8, 4) is 11.4 Å². The molecule has 0 fully saturated rings. The molecule has 2 rings (SSSR count). The summed E-state index contributed by atoms with van der Waals surface area (Å²) in [7, 11) is 0. The summed E-state index contributed by atoms with van der Waals surface area (Å²) in [5.41, 5.74) is 2.63. The molecule has 2 heterocycles. The van der Waals surface area contributed by atoms with Crippen LogP contribution in [0.15, 0.2) is 29.3 Å². The number of rotatable bonds is 5. The van der Waals surface area contributed by atoms with Crippen molar-refractivity contribution in [2.75, 3.05) is 6.54 Å². The molecule has 0 saturated carbocycles. The lowest BCUT2D eigenvalue weighted by Crippen LogP contribution is -2.17. The average molecular weight is 258 g/mol. The zero-order chi connectivity index (χ0) is 13.7. The first-order valence-electron chi connectivity index (χ1n) is 6.48. The summed E-state index contributed by atoms with van der Waals surface area (Å²) < 4.78 is 0. The fourth-order valence-electron chi connectivity index (χ4n) is 1.92. The second-order valence-electron chi connectivity index (χ2n) is 4.25. The number of aromatic amines is 1. The van der Waals surface area contributed by atoms with Crippen LogP contribution >= 0.6 is 0 Å².